The Morgan fingerprint density at radius 1 is 1.00 bits per heavy atom. The van der Waals surface area contributed by atoms with E-state index in [4.69, 9.17) is 23.2 Å². The van der Waals surface area contributed by atoms with Crippen LogP contribution < -0.4 is 0 Å². The van der Waals surface area contributed by atoms with Gasteiger partial charge in [0.15, 0.2) is 0 Å². The maximum absolute atomic E-state index is 10.2. The molecule has 2 rings (SSSR count). The third kappa shape index (κ3) is 3.96. The normalized spacial score (nSPS) is 12.5. The van der Waals surface area contributed by atoms with Crippen molar-refractivity contribution in [2.24, 2.45) is 0 Å². The standard InChI is InChI=1S/C14H10Br2Cl2O/c15-10-3-1-8(12(17)7-10)6-14(19)9-2-4-11(16)13(18)5-9/h1-5,7,14,19H,6H2. The Hall–Kier alpha value is -0.0600. The molecule has 0 spiro atoms. The number of hydrogen-bond donors (Lipinski definition) is 1. The zero-order chi connectivity index (χ0) is 14.0. The number of aliphatic hydroxyl groups is 1. The fraction of sp³-hybridized carbons (Fsp3) is 0.143. The van der Waals surface area contributed by atoms with E-state index in [2.05, 4.69) is 31.9 Å². The molecule has 0 amide bonds. The van der Waals surface area contributed by atoms with Gasteiger partial charge in [-0.05, 0) is 51.3 Å². The quantitative estimate of drug-likeness (QED) is 0.660. The lowest BCUT2D eigenvalue weighted by atomic mass is 10.0. The lowest BCUT2D eigenvalue weighted by Gasteiger charge is -2.13. The molecule has 0 saturated carbocycles. The minimum atomic E-state index is -0.635. The summed E-state index contributed by atoms with van der Waals surface area (Å²) in [7, 11) is 0. The Morgan fingerprint density at radius 3 is 2.37 bits per heavy atom. The predicted molar refractivity (Wildman–Crippen MR) is 87.0 cm³/mol. The van der Waals surface area contributed by atoms with Gasteiger partial charge >= 0.3 is 0 Å². The van der Waals surface area contributed by atoms with E-state index in [1.54, 1.807) is 6.07 Å². The molecule has 2 aromatic carbocycles. The predicted octanol–water partition coefficient (Wildman–Crippen LogP) is 5.79. The van der Waals surface area contributed by atoms with Crippen LogP contribution in [0.4, 0.5) is 0 Å². The summed E-state index contributed by atoms with van der Waals surface area (Å²) in [6.45, 7) is 0. The molecule has 2 aromatic rings. The lowest BCUT2D eigenvalue weighted by Crippen LogP contribution is -2.02. The Labute approximate surface area is 138 Å². The van der Waals surface area contributed by atoms with Crippen molar-refractivity contribution < 1.29 is 5.11 Å². The third-order valence-corrected chi connectivity index (χ3v) is 4.83. The highest BCUT2D eigenvalue weighted by molar-refractivity contribution is 9.10. The van der Waals surface area contributed by atoms with E-state index in [1.807, 2.05) is 30.3 Å². The van der Waals surface area contributed by atoms with Gasteiger partial charge in [0.1, 0.15) is 0 Å². The molecule has 100 valence electrons. The molecule has 0 aliphatic rings. The number of rotatable bonds is 3. The Morgan fingerprint density at radius 2 is 1.74 bits per heavy atom. The largest absolute Gasteiger partial charge is 0.388 e. The number of aliphatic hydroxyl groups excluding tert-OH is 1. The van der Waals surface area contributed by atoms with Gasteiger partial charge in [0.05, 0.1) is 11.1 Å². The first-order valence-electron chi connectivity index (χ1n) is 5.54. The molecule has 0 fully saturated rings. The van der Waals surface area contributed by atoms with Crippen molar-refractivity contribution in [1.29, 1.82) is 0 Å². The molecule has 1 unspecified atom stereocenters. The third-order valence-electron chi connectivity index (χ3n) is 2.76. The van der Waals surface area contributed by atoms with Crippen LogP contribution in [0.25, 0.3) is 0 Å². The number of hydrogen-bond acceptors (Lipinski definition) is 1. The zero-order valence-electron chi connectivity index (χ0n) is 9.71. The first-order chi connectivity index (χ1) is 8.97. The topological polar surface area (TPSA) is 20.2 Å². The van der Waals surface area contributed by atoms with Gasteiger partial charge in [-0.25, -0.2) is 0 Å². The zero-order valence-corrected chi connectivity index (χ0v) is 14.4. The van der Waals surface area contributed by atoms with Crippen LogP contribution in [0.3, 0.4) is 0 Å². The van der Waals surface area contributed by atoms with Gasteiger partial charge in [0, 0.05) is 20.4 Å². The van der Waals surface area contributed by atoms with Crippen molar-refractivity contribution in [2.45, 2.75) is 12.5 Å². The summed E-state index contributed by atoms with van der Waals surface area (Å²) in [4.78, 5) is 0. The average molecular weight is 425 g/mol. The summed E-state index contributed by atoms with van der Waals surface area (Å²) in [6.07, 6.45) is -0.186. The van der Waals surface area contributed by atoms with Crippen molar-refractivity contribution in [3.05, 3.63) is 66.5 Å². The van der Waals surface area contributed by atoms with Crippen LogP contribution in [0, 0.1) is 0 Å². The summed E-state index contributed by atoms with van der Waals surface area (Å²) < 4.78 is 1.73. The van der Waals surface area contributed by atoms with Gasteiger partial charge in [0.2, 0.25) is 0 Å². The molecule has 0 radical (unpaired) electrons. The van der Waals surface area contributed by atoms with Crippen molar-refractivity contribution >= 4 is 55.1 Å². The van der Waals surface area contributed by atoms with E-state index >= 15 is 0 Å². The van der Waals surface area contributed by atoms with Crippen molar-refractivity contribution in [2.75, 3.05) is 0 Å². The Balaban J connectivity index is 2.20. The monoisotopic (exact) mass is 422 g/mol. The summed E-state index contributed by atoms with van der Waals surface area (Å²) >= 11 is 18.8. The Kier molecular flexibility index (Phi) is 5.32. The summed E-state index contributed by atoms with van der Waals surface area (Å²) in [5.41, 5.74) is 1.67. The highest BCUT2D eigenvalue weighted by atomic mass is 79.9. The van der Waals surface area contributed by atoms with Gasteiger partial charge in [-0.3, -0.25) is 0 Å². The molecule has 0 heterocycles. The van der Waals surface area contributed by atoms with Gasteiger partial charge in [-0.1, -0.05) is 51.3 Å². The van der Waals surface area contributed by atoms with Gasteiger partial charge in [-0.15, -0.1) is 0 Å². The molecule has 0 aliphatic carbocycles. The molecule has 1 atom stereocenters. The molecule has 5 heteroatoms. The maximum Gasteiger partial charge on any atom is 0.0831 e. The second-order valence-electron chi connectivity index (χ2n) is 4.13. The average Bonchev–Trinajstić information content (AvgIpc) is 2.36. The van der Waals surface area contributed by atoms with Crippen molar-refractivity contribution in [3.8, 4) is 0 Å². The molecule has 0 saturated heterocycles. The van der Waals surface area contributed by atoms with E-state index in [9.17, 15) is 5.11 Å². The van der Waals surface area contributed by atoms with Crippen molar-refractivity contribution in [3.63, 3.8) is 0 Å². The lowest BCUT2D eigenvalue weighted by molar-refractivity contribution is 0.178. The van der Waals surface area contributed by atoms with Crippen LogP contribution in [-0.4, -0.2) is 5.11 Å². The van der Waals surface area contributed by atoms with Crippen LogP contribution in [0.15, 0.2) is 45.3 Å². The number of halogens is 4. The van der Waals surface area contributed by atoms with Crippen LogP contribution >= 0.6 is 55.1 Å². The van der Waals surface area contributed by atoms with E-state index in [1.165, 1.54) is 0 Å². The highest BCUT2D eigenvalue weighted by Crippen LogP contribution is 2.29. The van der Waals surface area contributed by atoms with E-state index in [0.29, 0.717) is 16.5 Å². The van der Waals surface area contributed by atoms with Crippen LogP contribution in [0.2, 0.25) is 10.0 Å². The first-order valence-corrected chi connectivity index (χ1v) is 7.88. The van der Waals surface area contributed by atoms with Crippen molar-refractivity contribution in [1.82, 2.24) is 0 Å². The number of benzene rings is 2. The maximum atomic E-state index is 10.2. The van der Waals surface area contributed by atoms with Crippen LogP contribution in [0.1, 0.15) is 17.2 Å². The highest BCUT2D eigenvalue weighted by Gasteiger charge is 2.12. The molecule has 0 bridgehead atoms. The van der Waals surface area contributed by atoms with Gasteiger partial charge in [0.25, 0.3) is 0 Å². The van der Waals surface area contributed by atoms with Gasteiger partial charge < -0.3 is 5.11 Å². The molecular weight excluding hydrogens is 415 g/mol. The summed E-state index contributed by atoms with van der Waals surface area (Å²) in [6, 6.07) is 11.0. The summed E-state index contributed by atoms with van der Waals surface area (Å²) in [5.74, 6) is 0. The second-order valence-corrected chi connectivity index (χ2v) is 6.71. The molecule has 0 aromatic heterocycles. The SMILES string of the molecule is OC(Cc1ccc(Br)cc1Cl)c1ccc(Br)c(Cl)c1. The van der Waals surface area contributed by atoms with E-state index < -0.39 is 6.10 Å². The molecule has 19 heavy (non-hydrogen) atoms. The fourth-order valence-electron chi connectivity index (χ4n) is 1.73. The van der Waals surface area contributed by atoms with Gasteiger partial charge in [-0.2, -0.15) is 0 Å². The minimum Gasteiger partial charge on any atom is -0.388 e. The van der Waals surface area contributed by atoms with Crippen LogP contribution in [-0.2, 0) is 6.42 Å². The van der Waals surface area contributed by atoms with Crippen LogP contribution in [0.5, 0.6) is 0 Å². The molecular formula is C14H10Br2Cl2O. The second kappa shape index (κ2) is 6.59. The molecule has 0 aliphatic heterocycles. The molecule has 1 N–H and O–H groups in total. The minimum absolute atomic E-state index is 0.448. The van der Waals surface area contributed by atoms with E-state index in [-0.39, 0.29) is 0 Å². The first kappa shape index (κ1) is 15.3. The smallest absolute Gasteiger partial charge is 0.0831 e. The summed E-state index contributed by atoms with van der Waals surface area (Å²) in [5, 5.41) is 11.5. The molecule has 1 nitrogen and oxygen atoms in total. The fourth-order valence-corrected chi connectivity index (χ4v) is 2.92. The Bertz CT molecular complexity index is 602. The van der Waals surface area contributed by atoms with E-state index in [0.717, 1.165) is 20.1 Å².